The summed E-state index contributed by atoms with van der Waals surface area (Å²) in [4.78, 5) is 4.33. The fraction of sp³-hybridized carbons (Fsp3) is 0.458. The minimum atomic E-state index is -0.580. The van der Waals surface area contributed by atoms with Crippen molar-refractivity contribution in [1.82, 2.24) is 4.98 Å². The van der Waals surface area contributed by atoms with Gasteiger partial charge in [-0.05, 0) is 73.1 Å². The second-order valence-corrected chi connectivity index (χ2v) is 7.47. The van der Waals surface area contributed by atoms with Gasteiger partial charge in [-0.25, -0.2) is 0 Å². The molecule has 0 radical (unpaired) electrons. The van der Waals surface area contributed by atoms with Gasteiger partial charge in [-0.1, -0.05) is 26.0 Å². The molecule has 0 aliphatic carbocycles. The molecule has 5 heteroatoms. The van der Waals surface area contributed by atoms with Gasteiger partial charge in [0, 0.05) is 18.0 Å². The first-order chi connectivity index (χ1) is 13.9. The average molecular weight is 400 g/mol. The lowest BCUT2D eigenvalue weighted by Gasteiger charge is -2.24. The lowest BCUT2D eigenvalue weighted by molar-refractivity contribution is 0.0246. The van der Waals surface area contributed by atoms with E-state index >= 15 is 0 Å². The largest absolute Gasteiger partial charge is 0.489 e. The number of hydrogen-bond donors (Lipinski definition) is 3. The summed E-state index contributed by atoms with van der Waals surface area (Å²) < 4.78 is 5.84. The molecule has 3 N–H and O–H groups in total. The maximum absolute atomic E-state index is 10.4. The third kappa shape index (κ3) is 6.67. The van der Waals surface area contributed by atoms with Gasteiger partial charge in [0.05, 0.1) is 18.8 Å². The number of rotatable bonds is 11. The highest BCUT2D eigenvalue weighted by atomic mass is 16.5. The number of allylic oxidation sites excluding steroid dienone is 2. The quantitative estimate of drug-likeness (QED) is 0.522. The van der Waals surface area contributed by atoms with Crippen molar-refractivity contribution < 1.29 is 20.1 Å². The van der Waals surface area contributed by atoms with Crippen molar-refractivity contribution in [2.75, 3.05) is 0 Å². The highest BCUT2D eigenvalue weighted by Gasteiger charge is 2.20. The van der Waals surface area contributed by atoms with Gasteiger partial charge in [-0.3, -0.25) is 4.98 Å². The lowest BCUT2D eigenvalue weighted by atomic mass is 9.91. The van der Waals surface area contributed by atoms with Gasteiger partial charge in [0.25, 0.3) is 0 Å². The summed E-state index contributed by atoms with van der Waals surface area (Å²) in [7, 11) is 0. The average Bonchev–Trinajstić information content (AvgIpc) is 2.77. The Bertz CT molecular complexity index is 812. The molecule has 0 unspecified atom stereocenters. The predicted octanol–water partition coefficient (Wildman–Crippen LogP) is 4.38. The molecule has 1 aromatic heterocycles. The van der Waals surface area contributed by atoms with Crippen molar-refractivity contribution in [2.24, 2.45) is 0 Å². The fourth-order valence-electron chi connectivity index (χ4n) is 3.22. The Morgan fingerprint density at radius 1 is 1.07 bits per heavy atom. The summed E-state index contributed by atoms with van der Waals surface area (Å²) in [6.45, 7) is 6.21. The number of aliphatic hydroxyl groups is 3. The number of hydrogen-bond acceptors (Lipinski definition) is 5. The summed E-state index contributed by atoms with van der Waals surface area (Å²) in [5, 5.41) is 29.1. The predicted molar refractivity (Wildman–Crippen MR) is 115 cm³/mol. The van der Waals surface area contributed by atoms with Crippen molar-refractivity contribution in [1.29, 1.82) is 0 Å². The minimum Gasteiger partial charge on any atom is -0.489 e. The van der Waals surface area contributed by atoms with Crippen LogP contribution < -0.4 is 4.74 Å². The lowest BCUT2D eigenvalue weighted by Crippen LogP contribution is -2.25. The SMILES string of the molecule is CCC(O)(CC)CC/C=C(/C)c1cncc(COc2ccc(CO)c(CO)c2)c1. The van der Waals surface area contributed by atoms with E-state index in [0.717, 1.165) is 42.4 Å². The highest BCUT2D eigenvalue weighted by Crippen LogP contribution is 2.24. The Hall–Kier alpha value is -2.21. The highest BCUT2D eigenvalue weighted by molar-refractivity contribution is 5.63. The Morgan fingerprint density at radius 3 is 2.45 bits per heavy atom. The molecule has 158 valence electrons. The van der Waals surface area contributed by atoms with Gasteiger partial charge in [0.1, 0.15) is 12.4 Å². The minimum absolute atomic E-state index is 0.109. The summed E-state index contributed by atoms with van der Waals surface area (Å²) in [5.74, 6) is 0.641. The first kappa shape index (κ1) is 23.1. The molecule has 1 aromatic carbocycles. The fourth-order valence-corrected chi connectivity index (χ4v) is 3.22. The number of aliphatic hydroxyl groups excluding tert-OH is 2. The van der Waals surface area contributed by atoms with Crippen LogP contribution in [0.25, 0.3) is 5.57 Å². The van der Waals surface area contributed by atoms with Gasteiger partial charge < -0.3 is 20.1 Å². The van der Waals surface area contributed by atoms with E-state index < -0.39 is 5.60 Å². The summed E-state index contributed by atoms with van der Waals surface area (Å²) in [6.07, 6.45) is 8.87. The zero-order valence-electron chi connectivity index (χ0n) is 17.7. The summed E-state index contributed by atoms with van der Waals surface area (Å²) in [6, 6.07) is 7.35. The summed E-state index contributed by atoms with van der Waals surface area (Å²) in [5.41, 5.74) is 3.89. The smallest absolute Gasteiger partial charge is 0.120 e. The van der Waals surface area contributed by atoms with Crippen LogP contribution in [0.1, 0.15) is 68.7 Å². The maximum Gasteiger partial charge on any atom is 0.120 e. The van der Waals surface area contributed by atoms with E-state index in [9.17, 15) is 15.3 Å². The molecule has 0 atom stereocenters. The molecule has 0 spiro atoms. The standard InChI is InChI=1S/C24H33NO4/c1-4-24(28,5-2)10-6-7-18(3)21-11-19(13-25-14-21)17-29-23-9-8-20(15-26)22(12-23)16-27/h7-9,11-14,26-28H,4-6,10,15-17H2,1-3H3/b18-7-. The van der Waals surface area contributed by atoms with Crippen molar-refractivity contribution >= 4 is 5.57 Å². The van der Waals surface area contributed by atoms with Crippen molar-refractivity contribution in [2.45, 2.75) is 71.9 Å². The van der Waals surface area contributed by atoms with E-state index in [1.165, 1.54) is 0 Å². The molecule has 0 bridgehead atoms. The van der Waals surface area contributed by atoms with Crippen LogP contribution in [0.3, 0.4) is 0 Å². The molecular weight excluding hydrogens is 366 g/mol. The van der Waals surface area contributed by atoms with Gasteiger partial charge in [0.15, 0.2) is 0 Å². The molecule has 2 aromatic rings. The monoisotopic (exact) mass is 399 g/mol. The first-order valence-corrected chi connectivity index (χ1v) is 10.2. The van der Waals surface area contributed by atoms with Crippen LogP contribution in [0, 0.1) is 0 Å². The molecule has 0 aliphatic heterocycles. The second kappa shape index (κ2) is 11.1. The summed E-state index contributed by atoms with van der Waals surface area (Å²) >= 11 is 0. The van der Waals surface area contributed by atoms with Crippen LogP contribution in [0.2, 0.25) is 0 Å². The molecular formula is C24H33NO4. The molecule has 2 rings (SSSR count). The van der Waals surface area contributed by atoms with Crippen LogP contribution in [0.15, 0.2) is 42.7 Å². The van der Waals surface area contributed by atoms with Gasteiger partial charge in [-0.15, -0.1) is 0 Å². The Kier molecular flexibility index (Phi) is 8.83. The molecule has 1 heterocycles. The van der Waals surface area contributed by atoms with E-state index in [1.807, 2.05) is 20.0 Å². The van der Waals surface area contributed by atoms with Crippen molar-refractivity contribution in [3.8, 4) is 5.75 Å². The Morgan fingerprint density at radius 2 is 1.79 bits per heavy atom. The Labute approximate surface area is 173 Å². The zero-order valence-corrected chi connectivity index (χ0v) is 17.7. The van der Waals surface area contributed by atoms with Crippen LogP contribution in [0.4, 0.5) is 0 Å². The molecule has 0 aliphatic rings. The number of aromatic nitrogens is 1. The number of benzene rings is 1. The molecule has 5 nitrogen and oxygen atoms in total. The van der Waals surface area contributed by atoms with Crippen LogP contribution in [-0.2, 0) is 19.8 Å². The van der Waals surface area contributed by atoms with Crippen LogP contribution in [-0.4, -0.2) is 25.9 Å². The molecule has 29 heavy (non-hydrogen) atoms. The molecule has 0 saturated carbocycles. The number of pyridine rings is 1. The van der Waals surface area contributed by atoms with E-state index in [-0.39, 0.29) is 13.2 Å². The Balaban J connectivity index is 2.01. The van der Waals surface area contributed by atoms with E-state index in [4.69, 9.17) is 4.74 Å². The van der Waals surface area contributed by atoms with E-state index in [1.54, 1.807) is 24.4 Å². The van der Waals surface area contributed by atoms with Gasteiger partial charge >= 0.3 is 0 Å². The van der Waals surface area contributed by atoms with Crippen LogP contribution >= 0.6 is 0 Å². The van der Waals surface area contributed by atoms with Crippen molar-refractivity contribution in [3.05, 3.63) is 65.0 Å². The third-order valence-corrected chi connectivity index (χ3v) is 5.55. The van der Waals surface area contributed by atoms with E-state index in [0.29, 0.717) is 23.5 Å². The normalized spacial score (nSPS) is 12.3. The van der Waals surface area contributed by atoms with Gasteiger partial charge in [-0.2, -0.15) is 0 Å². The van der Waals surface area contributed by atoms with Crippen LogP contribution in [0.5, 0.6) is 5.75 Å². The number of ether oxygens (including phenoxy) is 1. The maximum atomic E-state index is 10.4. The molecule has 0 amide bonds. The third-order valence-electron chi connectivity index (χ3n) is 5.55. The topological polar surface area (TPSA) is 82.8 Å². The number of nitrogens with zero attached hydrogens (tertiary/aromatic N) is 1. The second-order valence-electron chi connectivity index (χ2n) is 7.47. The zero-order chi connectivity index (χ0) is 21.3. The van der Waals surface area contributed by atoms with Gasteiger partial charge in [0.2, 0.25) is 0 Å². The molecule has 0 fully saturated rings. The first-order valence-electron chi connectivity index (χ1n) is 10.2. The van der Waals surface area contributed by atoms with Crippen molar-refractivity contribution in [3.63, 3.8) is 0 Å². The molecule has 0 saturated heterocycles. The van der Waals surface area contributed by atoms with E-state index in [2.05, 4.69) is 24.1 Å².